The first-order chi connectivity index (χ1) is 11.7. The number of furan rings is 1. The fourth-order valence-corrected chi connectivity index (χ4v) is 3.86. The maximum Gasteiger partial charge on any atom is 0.149 e. The Kier molecular flexibility index (Phi) is 4.17. The van der Waals surface area contributed by atoms with Crippen LogP contribution in [-0.2, 0) is 0 Å². The van der Waals surface area contributed by atoms with E-state index in [4.69, 9.17) is 4.42 Å². The van der Waals surface area contributed by atoms with Crippen molar-refractivity contribution in [1.29, 1.82) is 0 Å². The summed E-state index contributed by atoms with van der Waals surface area (Å²) >= 11 is 5.04. The van der Waals surface area contributed by atoms with Crippen molar-refractivity contribution in [2.24, 2.45) is 0 Å². The van der Waals surface area contributed by atoms with Gasteiger partial charge >= 0.3 is 0 Å². The summed E-state index contributed by atoms with van der Waals surface area (Å²) in [5, 5.41) is 0.793. The predicted octanol–water partition coefficient (Wildman–Crippen LogP) is 7.15. The molecule has 0 aliphatic heterocycles. The Bertz CT molecular complexity index is 994. The number of fused-ring (bicyclic) bond motifs is 1. The van der Waals surface area contributed by atoms with Gasteiger partial charge in [0.1, 0.15) is 17.2 Å². The molecule has 0 bridgehead atoms. The fourth-order valence-electron chi connectivity index (χ4n) is 2.55. The molecule has 0 aliphatic carbocycles. The minimum Gasteiger partial charge on any atom is -0.455 e. The van der Waals surface area contributed by atoms with E-state index >= 15 is 0 Å². The highest BCUT2D eigenvalue weighted by molar-refractivity contribution is 9.10. The van der Waals surface area contributed by atoms with E-state index < -0.39 is 0 Å². The second-order valence-corrected chi connectivity index (χ2v) is 7.32. The first-order valence-electron chi connectivity index (χ1n) is 7.41. The van der Waals surface area contributed by atoms with Crippen molar-refractivity contribution in [3.63, 3.8) is 0 Å². The number of rotatable bonds is 3. The maximum absolute atomic E-state index is 13.8. The Balaban J connectivity index is 1.91. The van der Waals surface area contributed by atoms with Crippen molar-refractivity contribution in [3.05, 3.63) is 83.1 Å². The van der Waals surface area contributed by atoms with Crippen LogP contribution in [-0.4, -0.2) is 0 Å². The molecule has 118 valence electrons. The van der Waals surface area contributed by atoms with Crippen LogP contribution in [0.5, 0.6) is 0 Å². The van der Waals surface area contributed by atoms with Gasteiger partial charge in [-0.25, -0.2) is 4.39 Å². The highest BCUT2D eigenvalue weighted by Crippen LogP contribution is 2.43. The minimum atomic E-state index is -0.263. The normalized spacial score (nSPS) is 11.1. The topological polar surface area (TPSA) is 13.1 Å². The molecule has 0 saturated carbocycles. The second-order valence-electron chi connectivity index (χ2n) is 5.32. The molecular formula is C20H12BrFOS. The van der Waals surface area contributed by atoms with E-state index in [0.717, 1.165) is 31.0 Å². The summed E-state index contributed by atoms with van der Waals surface area (Å²) in [5.41, 5.74) is 1.65. The van der Waals surface area contributed by atoms with Crippen molar-refractivity contribution in [2.75, 3.05) is 0 Å². The van der Waals surface area contributed by atoms with Gasteiger partial charge < -0.3 is 4.42 Å². The molecule has 1 nitrogen and oxygen atoms in total. The van der Waals surface area contributed by atoms with Crippen LogP contribution in [0.25, 0.3) is 22.3 Å². The van der Waals surface area contributed by atoms with Crippen molar-refractivity contribution >= 4 is 38.7 Å². The molecule has 4 heteroatoms. The van der Waals surface area contributed by atoms with Crippen molar-refractivity contribution in [3.8, 4) is 11.3 Å². The molecule has 0 amide bonds. The van der Waals surface area contributed by atoms with Crippen LogP contribution in [0, 0.1) is 5.82 Å². The number of hydrogen-bond donors (Lipinski definition) is 0. The SMILES string of the molecule is Fc1ccc2oc(-c3ccc(Br)cc3)c(Sc3ccccc3)c2c1. The summed E-state index contributed by atoms with van der Waals surface area (Å²) in [6, 6.07) is 22.6. The first kappa shape index (κ1) is 15.5. The monoisotopic (exact) mass is 398 g/mol. The van der Waals surface area contributed by atoms with E-state index in [1.807, 2.05) is 54.6 Å². The number of hydrogen-bond acceptors (Lipinski definition) is 2. The number of halogens is 2. The largest absolute Gasteiger partial charge is 0.455 e. The third kappa shape index (κ3) is 2.99. The summed E-state index contributed by atoms with van der Waals surface area (Å²) in [6.07, 6.45) is 0. The fraction of sp³-hybridized carbons (Fsp3) is 0. The zero-order valence-electron chi connectivity index (χ0n) is 12.5. The second kappa shape index (κ2) is 6.46. The van der Waals surface area contributed by atoms with Gasteiger partial charge in [0, 0.05) is 20.3 Å². The Morgan fingerprint density at radius 2 is 1.62 bits per heavy atom. The predicted molar refractivity (Wildman–Crippen MR) is 99.9 cm³/mol. The average molecular weight is 399 g/mol. The van der Waals surface area contributed by atoms with E-state index in [-0.39, 0.29) is 5.82 Å². The van der Waals surface area contributed by atoms with Crippen LogP contribution < -0.4 is 0 Å². The average Bonchev–Trinajstić information content (AvgIpc) is 2.94. The Labute approximate surface area is 151 Å². The van der Waals surface area contributed by atoms with Crippen LogP contribution in [0.2, 0.25) is 0 Å². The molecule has 0 saturated heterocycles. The molecule has 0 unspecified atom stereocenters. The molecule has 0 radical (unpaired) electrons. The van der Waals surface area contributed by atoms with Gasteiger partial charge in [0.15, 0.2) is 0 Å². The molecule has 1 aromatic heterocycles. The lowest BCUT2D eigenvalue weighted by atomic mass is 10.1. The summed E-state index contributed by atoms with van der Waals surface area (Å²) in [6.45, 7) is 0. The molecule has 0 fully saturated rings. The summed E-state index contributed by atoms with van der Waals surface area (Å²) in [4.78, 5) is 2.01. The summed E-state index contributed by atoms with van der Waals surface area (Å²) < 4.78 is 20.8. The van der Waals surface area contributed by atoms with Crippen LogP contribution in [0.4, 0.5) is 4.39 Å². The quantitative estimate of drug-likeness (QED) is 0.363. The van der Waals surface area contributed by atoms with Gasteiger partial charge in [0.05, 0.1) is 4.90 Å². The van der Waals surface area contributed by atoms with Crippen molar-refractivity contribution in [1.82, 2.24) is 0 Å². The molecule has 4 aromatic rings. The van der Waals surface area contributed by atoms with E-state index in [0.29, 0.717) is 5.58 Å². The molecule has 3 aromatic carbocycles. The van der Waals surface area contributed by atoms with Crippen LogP contribution in [0.1, 0.15) is 0 Å². The molecule has 4 rings (SSSR count). The van der Waals surface area contributed by atoms with E-state index in [1.54, 1.807) is 17.8 Å². The van der Waals surface area contributed by atoms with Gasteiger partial charge in [-0.3, -0.25) is 0 Å². The van der Waals surface area contributed by atoms with Crippen LogP contribution >= 0.6 is 27.7 Å². The Morgan fingerprint density at radius 1 is 0.875 bits per heavy atom. The zero-order valence-corrected chi connectivity index (χ0v) is 14.9. The molecule has 0 atom stereocenters. The Morgan fingerprint density at radius 3 is 2.38 bits per heavy atom. The van der Waals surface area contributed by atoms with Crippen LogP contribution in [0.3, 0.4) is 0 Å². The third-order valence-electron chi connectivity index (χ3n) is 3.67. The van der Waals surface area contributed by atoms with Gasteiger partial charge in [-0.05, 0) is 42.5 Å². The van der Waals surface area contributed by atoms with E-state index in [9.17, 15) is 4.39 Å². The van der Waals surface area contributed by atoms with Gasteiger partial charge in [-0.1, -0.05) is 58.0 Å². The lowest BCUT2D eigenvalue weighted by molar-refractivity contribution is 0.616. The third-order valence-corrected chi connectivity index (χ3v) is 5.32. The minimum absolute atomic E-state index is 0.263. The highest BCUT2D eigenvalue weighted by atomic mass is 79.9. The highest BCUT2D eigenvalue weighted by Gasteiger charge is 2.17. The van der Waals surface area contributed by atoms with Gasteiger partial charge in [-0.2, -0.15) is 0 Å². The molecule has 1 heterocycles. The lowest BCUT2D eigenvalue weighted by Crippen LogP contribution is -1.79. The summed E-state index contributed by atoms with van der Waals surface area (Å²) in [7, 11) is 0. The molecule has 0 spiro atoms. The standard InChI is InChI=1S/C20H12BrFOS/c21-14-8-6-13(7-9-14)19-20(24-16-4-2-1-3-5-16)17-12-15(22)10-11-18(17)23-19/h1-12H. The molecule has 24 heavy (non-hydrogen) atoms. The van der Waals surface area contributed by atoms with E-state index in [2.05, 4.69) is 15.9 Å². The lowest BCUT2D eigenvalue weighted by Gasteiger charge is -2.04. The van der Waals surface area contributed by atoms with Crippen molar-refractivity contribution < 1.29 is 8.81 Å². The molecule has 0 N–H and O–H groups in total. The van der Waals surface area contributed by atoms with E-state index in [1.165, 1.54) is 12.1 Å². The number of benzene rings is 3. The molecule has 0 aliphatic rings. The zero-order chi connectivity index (χ0) is 16.5. The Hall–Kier alpha value is -2.04. The van der Waals surface area contributed by atoms with Gasteiger partial charge in [-0.15, -0.1) is 0 Å². The van der Waals surface area contributed by atoms with Crippen LogP contribution in [0.15, 0.2) is 91.5 Å². The summed E-state index contributed by atoms with van der Waals surface area (Å²) in [5.74, 6) is 0.498. The smallest absolute Gasteiger partial charge is 0.149 e. The van der Waals surface area contributed by atoms with Gasteiger partial charge in [0.25, 0.3) is 0 Å². The van der Waals surface area contributed by atoms with Gasteiger partial charge in [0.2, 0.25) is 0 Å². The van der Waals surface area contributed by atoms with Crippen molar-refractivity contribution in [2.45, 2.75) is 9.79 Å². The molecular weight excluding hydrogens is 387 g/mol. The maximum atomic E-state index is 13.8. The first-order valence-corrected chi connectivity index (χ1v) is 9.02.